The third kappa shape index (κ3) is 31.1. The summed E-state index contributed by atoms with van der Waals surface area (Å²) in [5, 5.41) is 9.50. The lowest BCUT2D eigenvalue weighted by Crippen LogP contribution is -2.26. The lowest BCUT2D eigenvalue weighted by molar-refractivity contribution is -0.153. The second-order valence-corrected chi connectivity index (χ2v) is 11.3. The molecule has 0 aliphatic carbocycles. The van der Waals surface area contributed by atoms with Crippen LogP contribution in [0.4, 0.5) is 0 Å². The Labute approximate surface area is 243 Å². The lowest BCUT2D eigenvalue weighted by atomic mass is 10.1. The lowest BCUT2D eigenvalue weighted by Gasteiger charge is -2.15. The summed E-state index contributed by atoms with van der Waals surface area (Å²) in [7, 11) is 0. The molecule has 0 aliphatic heterocycles. The third-order valence-corrected chi connectivity index (χ3v) is 7.34. The van der Waals surface area contributed by atoms with Crippen LogP contribution in [0.5, 0.6) is 0 Å². The van der Waals surface area contributed by atoms with Gasteiger partial charge in [-0.2, -0.15) is 0 Å². The van der Waals surface area contributed by atoms with E-state index in [1.807, 2.05) is 6.08 Å². The molecule has 0 saturated heterocycles. The molecule has 230 valence electrons. The van der Waals surface area contributed by atoms with Gasteiger partial charge in [-0.25, -0.2) is 0 Å². The van der Waals surface area contributed by atoms with Gasteiger partial charge in [-0.3, -0.25) is 4.79 Å². The molecule has 0 amide bonds. The summed E-state index contributed by atoms with van der Waals surface area (Å²) in [6, 6.07) is 0. The zero-order valence-corrected chi connectivity index (χ0v) is 26.2. The molecule has 1 atom stereocenters. The van der Waals surface area contributed by atoms with E-state index in [1.165, 1.54) is 128 Å². The van der Waals surface area contributed by atoms with Gasteiger partial charge in [0.25, 0.3) is 0 Å². The molecular weight excluding hydrogens is 484 g/mol. The molecule has 0 heterocycles. The molecule has 0 fully saturated rings. The SMILES string of the molecule is CCCCCCCCC=CCCCCCCCC(=O)OC(CO)COC=CCCCCCCCCCCCC. The summed E-state index contributed by atoms with van der Waals surface area (Å²) < 4.78 is 10.9. The number of ether oxygens (including phenoxy) is 2. The van der Waals surface area contributed by atoms with Crippen LogP contribution in [0.25, 0.3) is 0 Å². The van der Waals surface area contributed by atoms with Crippen LogP contribution in [0.2, 0.25) is 0 Å². The summed E-state index contributed by atoms with van der Waals surface area (Å²) in [6.45, 7) is 4.54. The summed E-state index contributed by atoms with van der Waals surface area (Å²) in [6.07, 6.45) is 38.8. The zero-order chi connectivity index (χ0) is 28.5. The Morgan fingerprint density at radius 1 is 0.590 bits per heavy atom. The Bertz CT molecular complexity index is 543. The molecule has 1 N–H and O–H groups in total. The minimum Gasteiger partial charge on any atom is -0.498 e. The normalized spacial score (nSPS) is 12.5. The molecule has 4 heteroatoms. The van der Waals surface area contributed by atoms with Gasteiger partial charge < -0.3 is 14.6 Å². The van der Waals surface area contributed by atoms with Crippen LogP contribution >= 0.6 is 0 Å². The van der Waals surface area contributed by atoms with Gasteiger partial charge in [-0.1, -0.05) is 135 Å². The van der Waals surface area contributed by atoms with Crippen LogP contribution in [0, 0.1) is 0 Å². The van der Waals surface area contributed by atoms with Crippen LogP contribution in [-0.2, 0) is 14.3 Å². The van der Waals surface area contributed by atoms with Gasteiger partial charge in [0.15, 0.2) is 6.10 Å². The van der Waals surface area contributed by atoms with Gasteiger partial charge in [0.1, 0.15) is 6.61 Å². The largest absolute Gasteiger partial charge is 0.498 e. The van der Waals surface area contributed by atoms with Crippen molar-refractivity contribution in [2.24, 2.45) is 0 Å². The van der Waals surface area contributed by atoms with Crippen LogP contribution in [0.3, 0.4) is 0 Å². The van der Waals surface area contributed by atoms with Gasteiger partial charge in [0, 0.05) is 6.42 Å². The summed E-state index contributed by atoms with van der Waals surface area (Å²) in [5.41, 5.74) is 0. The van der Waals surface area contributed by atoms with Crippen molar-refractivity contribution in [3.63, 3.8) is 0 Å². The first-order valence-corrected chi connectivity index (χ1v) is 17.0. The second kappa shape index (κ2) is 32.9. The maximum Gasteiger partial charge on any atom is 0.306 e. The number of esters is 1. The van der Waals surface area contributed by atoms with Crippen molar-refractivity contribution in [2.75, 3.05) is 13.2 Å². The third-order valence-electron chi connectivity index (χ3n) is 7.34. The van der Waals surface area contributed by atoms with Crippen molar-refractivity contribution in [2.45, 2.75) is 180 Å². The van der Waals surface area contributed by atoms with Crippen molar-refractivity contribution in [1.29, 1.82) is 0 Å². The molecule has 0 aromatic rings. The molecule has 0 aromatic carbocycles. The average molecular weight is 551 g/mol. The molecular formula is C35H66O4. The smallest absolute Gasteiger partial charge is 0.306 e. The first-order valence-electron chi connectivity index (χ1n) is 17.0. The average Bonchev–Trinajstić information content (AvgIpc) is 2.94. The molecule has 0 radical (unpaired) electrons. The molecule has 0 aliphatic rings. The van der Waals surface area contributed by atoms with E-state index in [0.717, 1.165) is 25.7 Å². The molecule has 0 saturated carbocycles. The van der Waals surface area contributed by atoms with E-state index in [1.54, 1.807) is 6.26 Å². The summed E-state index contributed by atoms with van der Waals surface area (Å²) >= 11 is 0. The molecule has 4 nitrogen and oxygen atoms in total. The van der Waals surface area contributed by atoms with Crippen molar-refractivity contribution >= 4 is 5.97 Å². The fourth-order valence-corrected chi connectivity index (χ4v) is 4.76. The number of aliphatic hydroxyl groups excluding tert-OH is 1. The molecule has 0 bridgehead atoms. The maximum atomic E-state index is 12.1. The van der Waals surface area contributed by atoms with E-state index < -0.39 is 6.10 Å². The summed E-state index contributed by atoms with van der Waals surface area (Å²) in [5.74, 6) is -0.232. The Kier molecular flexibility index (Phi) is 31.8. The van der Waals surface area contributed by atoms with E-state index in [2.05, 4.69) is 26.0 Å². The minimum atomic E-state index is -0.581. The number of rotatable bonds is 31. The maximum absolute atomic E-state index is 12.1. The number of allylic oxidation sites excluding steroid dienone is 3. The van der Waals surface area contributed by atoms with Crippen molar-refractivity contribution in [3.8, 4) is 0 Å². The number of aliphatic hydroxyl groups is 1. The van der Waals surface area contributed by atoms with Gasteiger partial charge in [0.2, 0.25) is 0 Å². The Morgan fingerprint density at radius 2 is 1.00 bits per heavy atom. The number of carbonyl (C=O) groups is 1. The van der Waals surface area contributed by atoms with Crippen LogP contribution < -0.4 is 0 Å². The Morgan fingerprint density at radius 3 is 1.46 bits per heavy atom. The number of unbranched alkanes of at least 4 members (excludes halogenated alkanes) is 21. The first-order chi connectivity index (χ1) is 19.2. The second-order valence-electron chi connectivity index (χ2n) is 11.3. The predicted molar refractivity (Wildman–Crippen MR) is 168 cm³/mol. The highest BCUT2D eigenvalue weighted by atomic mass is 16.6. The van der Waals surface area contributed by atoms with Crippen molar-refractivity contribution < 1.29 is 19.4 Å². The van der Waals surface area contributed by atoms with Gasteiger partial charge in [-0.05, 0) is 51.0 Å². The number of hydrogen-bond acceptors (Lipinski definition) is 4. The van der Waals surface area contributed by atoms with Crippen LogP contribution in [0.1, 0.15) is 174 Å². The molecule has 0 aromatic heterocycles. The van der Waals surface area contributed by atoms with E-state index in [9.17, 15) is 9.90 Å². The topological polar surface area (TPSA) is 55.8 Å². The highest BCUT2D eigenvalue weighted by molar-refractivity contribution is 5.69. The van der Waals surface area contributed by atoms with E-state index in [0.29, 0.717) is 6.42 Å². The predicted octanol–water partition coefficient (Wildman–Crippen LogP) is 10.8. The monoisotopic (exact) mass is 550 g/mol. The van der Waals surface area contributed by atoms with Crippen LogP contribution in [-0.4, -0.2) is 30.4 Å². The first kappa shape index (κ1) is 37.7. The van der Waals surface area contributed by atoms with Gasteiger partial charge in [0.05, 0.1) is 12.9 Å². The number of carbonyl (C=O) groups excluding carboxylic acids is 1. The fraction of sp³-hybridized carbons (Fsp3) is 0.857. The minimum absolute atomic E-state index is 0.204. The molecule has 39 heavy (non-hydrogen) atoms. The highest BCUT2D eigenvalue weighted by Gasteiger charge is 2.13. The van der Waals surface area contributed by atoms with Crippen molar-refractivity contribution in [3.05, 3.63) is 24.5 Å². The van der Waals surface area contributed by atoms with Crippen molar-refractivity contribution in [1.82, 2.24) is 0 Å². The molecule has 0 rings (SSSR count). The number of hydrogen-bond donors (Lipinski definition) is 1. The standard InChI is InChI=1S/C35H66O4/c1-3-5-7-9-11-13-15-17-18-19-20-22-24-26-28-30-35(37)39-34(32-36)33-38-31-29-27-25-23-21-16-14-12-10-8-6-4-2/h17-18,29,31,34,36H,3-16,19-28,30,32-33H2,1-2H3. The van der Waals surface area contributed by atoms with Gasteiger partial charge in [-0.15, -0.1) is 0 Å². The van der Waals surface area contributed by atoms with Crippen LogP contribution in [0.15, 0.2) is 24.5 Å². The fourth-order valence-electron chi connectivity index (χ4n) is 4.76. The molecule has 0 spiro atoms. The zero-order valence-electron chi connectivity index (χ0n) is 26.2. The van der Waals surface area contributed by atoms with E-state index in [4.69, 9.17) is 9.47 Å². The Balaban J connectivity index is 3.51. The van der Waals surface area contributed by atoms with E-state index >= 15 is 0 Å². The quantitative estimate of drug-likeness (QED) is 0.0403. The highest BCUT2D eigenvalue weighted by Crippen LogP contribution is 2.12. The van der Waals surface area contributed by atoms with E-state index in [-0.39, 0.29) is 19.2 Å². The molecule has 1 unspecified atom stereocenters. The summed E-state index contributed by atoms with van der Waals surface area (Å²) in [4.78, 5) is 12.1. The Hall–Kier alpha value is -1.29. The van der Waals surface area contributed by atoms with Gasteiger partial charge >= 0.3 is 5.97 Å².